The van der Waals surface area contributed by atoms with Crippen LogP contribution in [-0.4, -0.2) is 11.1 Å². The number of carbonyl (C=O) groups is 1. The van der Waals surface area contributed by atoms with Crippen molar-refractivity contribution in [2.75, 3.05) is 0 Å². The Morgan fingerprint density at radius 3 is 2.06 bits per heavy atom. The first-order valence-electron chi connectivity index (χ1n) is 7.50. The van der Waals surface area contributed by atoms with Gasteiger partial charge in [-0.15, -0.1) is 0 Å². The quantitative estimate of drug-likeness (QED) is 0.767. The molecular weight excluding hydrogens is 224 g/mol. The van der Waals surface area contributed by atoms with Crippen molar-refractivity contribution in [2.24, 2.45) is 29.1 Å². The van der Waals surface area contributed by atoms with E-state index in [1.165, 1.54) is 32.1 Å². The van der Waals surface area contributed by atoms with Crippen LogP contribution >= 0.6 is 0 Å². The van der Waals surface area contributed by atoms with Gasteiger partial charge in [-0.1, -0.05) is 19.9 Å². The van der Waals surface area contributed by atoms with Crippen LogP contribution in [0.15, 0.2) is 12.2 Å². The lowest BCUT2D eigenvalue weighted by Gasteiger charge is -2.61. The van der Waals surface area contributed by atoms with Gasteiger partial charge < -0.3 is 5.11 Å². The molecule has 4 bridgehead atoms. The molecule has 0 aromatic heterocycles. The maximum Gasteiger partial charge on any atom is 0.331 e. The maximum absolute atomic E-state index is 11.5. The smallest absolute Gasteiger partial charge is 0.331 e. The van der Waals surface area contributed by atoms with E-state index in [4.69, 9.17) is 0 Å². The van der Waals surface area contributed by atoms with Crippen molar-refractivity contribution in [3.05, 3.63) is 12.2 Å². The second-order valence-electron chi connectivity index (χ2n) is 6.88. The molecule has 0 amide bonds. The highest BCUT2D eigenvalue weighted by Gasteiger charge is 2.58. The first-order valence-corrected chi connectivity index (χ1v) is 7.50. The van der Waals surface area contributed by atoms with Gasteiger partial charge in [0.15, 0.2) is 0 Å². The average Bonchev–Trinajstić information content (AvgIpc) is 2.32. The van der Waals surface area contributed by atoms with Crippen LogP contribution in [0.1, 0.15) is 51.9 Å². The molecule has 0 atom stereocenters. The number of carboxylic acid groups (broad SMARTS) is 1. The number of hydrogen-bond acceptors (Lipinski definition) is 1. The number of rotatable bonds is 4. The van der Waals surface area contributed by atoms with Crippen LogP contribution < -0.4 is 0 Å². The van der Waals surface area contributed by atoms with Gasteiger partial charge in [0.05, 0.1) is 0 Å². The lowest BCUT2D eigenvalue weighted by molar-refractivity contribution is -0.141. The molecule has 4 aliphatic carbocycles. The number of hydrogen-bond donors (Lipinski definition) is 1. The zero-order chi connectivity index (χ0) is 12.9. The van der Waals surface area contributed by atoms with E-state index in [0.717, 1.165) is 24.7 Å². The molecule has 0 aromatic carbocycles. The highest BCUT2D eigenvalue weighted by molar-refractivity contribution is 5.87. The van der Waals surface area contributed by atoms with Crippen molar-refractivity contribution in [3.8, 4) is 0 Å². The summed E-state index contributed by atoms with van der Waals surface area (Å²) < 4.78 is 0. The molecule has 2 heteroatoms. The van der Waals surface area contributed by atoms with Crippen molar-refractivity contribution in [2.45, 2.75) is 51.9 Å². The van der Waals surface area contributed by atoms with E-state index < -0.39 is 5.97 Å². The van der Waals surface area contributed by atoms with Crippen LogP contribution in [-0.2, 0) is 4.79 Å². The number of aliphatic carboxylic acids is 1. The monoisotopic (exact) mass is 248 g/mol. The van der Waals surface area contributed by atoms with Gasteiger partial charge in [0.25, 0.3) is 0 Å². The minimum Gasteiger partial charge on any atom is -0.478 e. The van der Waals surface area contributed by atoms with Gasteiger partial charge in [-0.25, -0.2) is 4.79 Å². The Balaban J connectivity index is 1.99. The lowest BCUT2D eigenvalue weighted by Crippen LogP contribution is -2.54. The van der Waals surface area contributed by atoms with Crippen LogP contribution in [0, 0.1) is 29.1 Å². The van der Waals surface area contributed by atoms with E-state index >= 15 is 0 Å². The Labute approximate surface area is 109 Å². The first kappa shape index (κ1) is 12.3. The molecule has 0 aliphatic heterocycles. The Morgan fingerprint density at radius 1 is 1.17 bits per heavy atom. The van der Waals surface area contributed by atoms with Gasteiger partial charge in [0, 0.05) is 11.0 Å². The number of carboxylic acids is 1. The van der Waals surface area contributed by atoms with Gasteiger partial charge in [-0.3, -0.25) is 0 Å². The van der Waals surface area contributed by atoms with Crippen molar-refractivity contribution in [1.29, 1.82) is 0 Å². The molecule has 18 heavy (non-hydrogen) atoms. The van der Waals surface area contributed by atoms with Gasteiger partial charge in [-0.2, -0.15) is 0 Å². The summed E-state index contributed by atoms with van der Waals surface area (Å²) in [6, 6.07) is 0. The summed E-state index contributed by atoms with van der Waals surface area (Å²) in [7, 11) is 0. The van der Waals surface area contributed by atoms with E-state index in [2.05, 4.69) is 13.5 Å². The predicted molar refractivity (Wildman–Crippen MR) is 71.2 cm³/mol. The van der Waals surface area contributed by atoms with Gasteiger partial charge in [-0.05, 0) is 62.2 Å². The molecule has 4 aliphatic rings. The second kappa shape index (κ2) is 4.11. The molecule has 0 saturated heterocycles. The third kappa shape index (κ3) is 1.50. The standard InChI is InChI=1S/C16H24O2/c1-3-4-16(10(2)15(17)18)13-6-11-5-12(8-13)9-14(16)7-11/h11-14H,2-9H2,1H3,(H,17,18). The summed E-state index contributed by atoms with van der Waals surface area (Å²) in [5.74, 6) is 2.24. The fourth-order valence-electron chi connectivity index (χ4n) is 5.69. The largest absolute Gasteiger partial charge is 0.478 e. The summed E-state index contributed by atoms with van der Waals surface area (Å²) in [6.07, 6.45) is 8.58. The van der Waals surface area contributed by atoms with Crippen molar-refractivity contribution < 1.29 is 9.90 Å². The Bertz CT molecular complexity index is 355. The zero-order valence-electron chi connectivity index (χ0n) is 11.3. The van der Waals surface area contributed by atoms with Crippen molar-refractivity contribution in [3.63, 3.8) is 0 Å². The van der Waals surface area contributed by atoms with Crippen LogP contribution in [0.2, 0.25) is 0 Å². The zero-order valence-corrected chi connectivity index (χ0v) is 11.3. The molecule has 4 fully saturated rings. The molecule has 2 nitrogen and oxygen atoms in total. The average molecular weight is 248 g/mol. The summed E-state index contributed by atoms with van der Waals surface area (Å²) in [6.45, 7) is 6.17. The van der Waals surface area contributed by atoms with E-state index in [0.29, 0.717) is 17.4 Å². The third-order valence-corrected chi connectivity index (χ3v) is 6.08. The van der Waals surface area contributed by atoms with Crippen molar-refractivity contribution in [1.82, 2.24) is 0 Å². The minimum atomic E-state index is -0.754. The Hall–Kier alpha value is -0.790. The minimum absolute atomic E-state index is 0.0615. The van der Waals surface area contributed by atoms with Crippen molar-refractivity contribution >= 4 is 5.97 Å². The van der Waals surface area contributed by atoms with Crippen LogP contribution in [0.5, 0.6) is 0 Å². The van der Waals surface area contributed by atoms with Crippen LogP contribution in [0.3, 0.4) is 0 Å². The summed E-state index contributed by atoms with van der Waals surface area (Å²) >= 11 is 0. The highest BCUT2D eigenvalue weighted by Crippen LogP contribution is 2.66. The predicted octanol–water partition coefficient (Wildman–Crippen LogP) is 3.87. The van der Waals surface area contributed by atoms with Crippen LogP contribution in [0.4, 0.5) is 0 Å². The Morgan fingerprint density at radius 2 is 1.67 bits per heavy atom. The van der Waals surface area contributed by atoms with E-state index in [1.54, 1.807) is 0 Å². The molecular formula is C16H24O2. The molecule has 0 heterocycles. The van der Waals surface area contributed by atoms with E-state index in [-0.39, 0.29) is 5.41 Å². The summed E-state index contributed by atoms with van der Waals surface area (Å²) in [5, 5.41) is 9.46. The summed E-state index contributed by atoms with van der Waals surface area (Å²) in [5.41, 5.74) is 0.465. The maximum atomic E-state index is 11.5. The summed E-state index contributed by atoms with van der Waals surface area (Å²) in [4.78, 5) is 11.5. The molecule has 0 unspecified atom stereocenters. The van der Waals surface area contributed by atoms with E-state index in [9.17, 15) is 9.90 Å². The molecule has 0 spiro atoms. The second-order valence-corrected chi connectivity index (χ2v) is 6.88. The molecule has 100 valence electrons. The van der Waals surface area contributed by atoms with Crippen LogP contribution in [0.25, 0.3) is 0 Å². The fourth-order valence-corrected chi connectivity index (χ4v) is 5.69. The molecule has 4 saturated carbocycles. The van der Waals surface area contributed by atoms with Gasteiger partial charge >= 0.3 is 5.97 Å². The molecule has 1 N–H and O–H groups in total. The normalized spacial score (nSPS) is 45.2. The fraction of sp³-hybridized carbons (Fsp3) is 0.812. The lowest BCUT2D eigenvalue weighted by atomic mass is 9.43. The van der Waals surface area contributed by atoms with E-state index in [1.807, 2.05) is 0 Å². The SMILES string of the molecule is C=C(C(=O)O)C1(CCC)C2CC3CC(C2)CC1C3. The molecule has 0 aromatic rings. The van der Waals surface area contributed by atoms with Gasteiger partial charge in [0.1, 0.15) is 0 Å². The molecule has 4 rings (SSSR count). The first-order chi connectivity index (χ1) is 8.57. The Kier molecular flexibility index (Phi) is 2.80. The van der Waals surface area contributed by atoms with Gasteiger partial charge in [0.2, 0.25) is 0 Å². The highest BCUT2D eigenvalue weighted by atomic mass is 16.4. The third-order valence-electron chi connectivity index (χ3n) is 6.08. The molecule has 0 radical (unpaired) electrons. The topological polar surface area (TPSA) is 37.3 Å².